The second kappa shape index (κ2) is 9.41. The molecule has 9 heteroatoms. The molecule has 1 aromatic heterocycles. The molecule has 0 saturated carbocycles. The summed E-state index contributed by atoms with van der Waals surface area (Å²) in [6.07, 6.45) is 0.0455. The normalized spacial score (nSPS) is 23.7. The molecule has 0 aliphatic carbocycles. The van der Waals surface area contributed by atoms with E-state index in [-0.39, 0.29) is 30.8 Å². The van der Waals surface area contributed by atoms with Crippen LogP contribution in [0.25, 0.3) is 0 Å². The van der Waals surface area contributed by atoms with Crippen molar-refractivity contribution in [1.82, 2.24) is 25.1 Å². The van der Waals surface area contributed by atoms with Gasteiger partial charge in [-0.25, -0.2) is 5.01 Å². The maximum Gasteiger partial charge on any atom is 0.246 e. The lowest BCUT2D eigenvalue weighted by Crippen LogP contribution is -2.77. The Labute approximate surface area is 188 Å². The number of nitrogens with one attached hydrogen (secondary N) is 1. The molecule has 2 fully saturated rings. The van der Waals surface area contributed by atoms with Gasteiger partial charge >= 0.3 is 0 Å². The number of carbonyl (C=O) groups is 2. The molecular formula is C23H31N5O4. The number of hydrazine groups is 1. The highest BCUT2D eigenvalue weighted by atomic mass is 16.3. The largest absolute Gasteiger partial charge is 0.467 e. The highest BCUT2D eigenvalue weighted by molar-refractivity contribution is 5.90. The fourth-order valence-corrected chi connectivity index (χ4v) is 4.57. The Morgan fingerprint density at radius 2 is 1.91 bits per heavy atom. The quantitative estimate of drug-likeness (QED) is 0.620. The number of hydrogen-bond acceptors (Lipinski definition) is 7. The van der Waals surface area contributed by atoms with Crippen LogP contribution < -0.4 is 5.32 Å². The lowest BCUT2D eigenvalue weighted by Gasteiger charge is -2.56. The van der Waals surface area contributed by atoms with E-state index in [0.717, 1.165) is 5.56 Å². The molecule has 1 aromatic carbocycles. The van der Waals surface area contributed by atoms with Gasteiger partial charge in [0.2, 0.25) is 11.8 Å². The molecule has 0 bridgehead atoms. The van der Waals surface area contributed by atoms with Gasteiger partial charge in [0.1, 0.15) is 18.0 Å². The Balaban J connectivity index is 1.59. The van der Waals surface area contributed by atoms with Gasteiger partial charge in [-0.05, 0) is 23.6 Å². The zero-order chi connectivity index (χ0) is 22.8. The minimum absolute atomic E-state index is 0.0759. The number of benzene rings is 1. The SMILES string of the molecule is CC(C)[C@H]1C(=O)N(Cc2ccco2)C[C@H]2N1C(=O)CN(C)N2C(O)NCc1ccccc1. The Morgan fingerprint density at radius 3 is 2.56 bits per heavy atom. The number of furan rings is 1. The number of nitrogens with zero attached hydrogens (tertiary/aromatic N) is 4. The van der Waals surface area contributed by atoms with Gasteiger partial charge in [-0.3, -0.25) is 14.9 Å². The van der Waals surface area contributed by atoms with E-state index in [9.17, 15) is 14.7 Å². The van der Waals surface area contributed by atoms with Gasteiger partial charge in [0.25, 0.3) is 0 Å². The molecule has 32 heavy (non-hydrogen) atoms. The Morgan fingerprint density at radius 1 is 1.16 bits per heavy atom. The van der Waals surface area contributed by atoms with Crippen molar-refractivity contribution in [2.75, 3.05) is 20.1 Å². The summed E-state index contributed by atoms with van der Waals surface area (Å²) in [5.74, 6) is 0.387. The molecule has 2 saturated heterocycles. The van der Waals surface area contributed by atoms with Gasteiger partial charge in [0.15, 0.2) is 6.35 Å². The standard InChI is InChI=1S/C23H31N5O4/c1-16(2)21-22(30)26(13-18-10-7-11-32-18)14-19-27(21)20(29)15-25(3)28(19)23(31)24-12-17-8-5-4-6-9-17/h4-11,16,19,21,23-24,31H,12-15H2,1-3H3/t19-,21-,23?/m0/s1. The third kappa shape index (κ3) is 4.42. The molecule has 4 rings (SSSR count). The lowest BCUT2D eigenvalue weighted by molar-refractivity contribution is -0.243. The Kier molecular flexibility index (Phi) is 6.61. The fourth-order valence-electron chi connectivity index (χ4n) is 4.57. The number of carbonyl (C=O) groups excluding carboxylic acids is 2. The van der Waals surface area contributed by atoms with E-state index in [4.69, 9.17) is 4.42 Å². The first kappa shape index (κ1) is 22.5. The first-order chi connectivity index (χ1) is 15.4. The Hall–Kier alpha value is -2.72. The number of aliphatic hydroxyl groups excluding tert-OH is 1. The van der Waals surface area contributed by atoms with E-state index in [0.29, 0.717) is 18.8 Å². The number of amides is 2. The maximum absolute atomic E-state index is 13.3. The molecule has 3 heterocycles. The number of piperazine rings is 1. The average Bonchev–Trinajstić information content (AvgIpc) is 3.27. The number of likely N-dealkylation sites (N-methyl/N-ethyl adjacent to an activating group) is 1. The number of fused-ring (bicyclic) bond motifs is 1. The van der Waals surface area contributed by atoms with Crippen molar-refractivity contribution >= 4 is 11.8 Å². The van der Waals surface area contributed by atoms with Gasteiger partial charge in [0, 0.05) is 13.6 Å². The van der Waals surface area contributed by atoms with Gasteiger partial charge in [-0.1, -0.05) is 44.2 Å². The number of aliphatic hydroxyl groups is 1. The van der Waals surface area contributed by atoms with Gasteiger partial charge < -0.3 is 19.3 Å². The van der Waals surface area contributed by atoms with Crippen LogP contribution >= 0.6 is 0 Å². The van der Waals surface area contributed by atoms with Crippen LogP contribution in [0.4, 0.5) is 0 Å². The number of rotatable bonds is 7. The van der Waals surface area contributed by atoms with Crippen molar-refractivity contribution in [3.05, 3.63) is 60.1 Å². The lowest BCUT2D eigenvalue weighted by atomic mass is 9.96. The molecule has 1 unspecified atom stereocenters. The molecule has 0 spiro atoms. The minimum Gasteiger partial charge on any atom is -0.467 e. The van der Waals surface area contributed by atoms with E-state index in [1.165, 1.54) is 0 Å². The summed E-state index contributed by atoms with van der Waals surface area (Å²) in [5.41, 5.74) is 1.04. The van der Waals surface area contributed by atoms with Crippen molar-refractivity contribution in [3.8, 4) is 0 Å². The van der Waals surface area contributed by atoms with Crippen molar-refractivity contribution in [3.63, 3.8) is 0 Å². The number of hydrogen-bond donors (Lipinski definition) is 2. The molecule has 2 aliphatic rings. The zero-order valence-electron chi connectivity index (χ0n) is 18.7. The Bertz CT molecular complexity index is 920. The predicted octanol–water partition coefficient (Wildman–Crippen LogP) is 1.03. The van der Waals surface area contributed by atoms with Crippen LogP contribution in [0.15, 0.2) is 53.1 Å². The predicted molar refractivity (Wildman–Crippen MR) is 117 cm³/mol. The monoisotopic (exact) mass is 441 g/mol. The third-order valence-corrected chi connectivity index (χ3v) is 6.06. The highest BCUT2D eigenvalue weighted by Gasteiger charge is 2.51. The molecule has 9 nitrogen and oxygen atoms in total. The van der Waals surface area contributed by atoms with Crippen molar-refractivity contribution in [2.45, 2.75) is 45.5 Å². The van der Waals surface area contributed by atoms with Crippen LogP contribution in [0.1, 0.15) is 25.2 Å². The molecule has 2 amide bonds. The van der Waals surface area contributed by atoms with Crippen molar-refractivity contribution in [2.24, 2.45) is 5.92 Å². The topological polar surface area (TPSA) is 92.5 Å². The summed E-state index contributed by atoms with van der Waals surface area (Å²) in [5, 5.41) is 17.7. The summed E-state index contributed by atoms with van der Waals surface area (Å²) in [4.78, 5) is 29.7. The smallest absolute Gasteiger partial charge is 0.246 e. The highest BCUT2D eigenvalue weighted by Crippen LogP contribution is 2.30. The molecule has 0 radical (unpaired) electrons. The van der Waals surface area contributed by atoms with Crippen molar-refractivity contribution < 1.29 is 19.1 Å². The van der Waals surface area contributed by atoms with E-state index >= 15 is 0 Å². The first-order valence-electron chi connectivity index (χ1n) is 10.9. The van der Waals surface area contributed by atoms with Crippen LogP contribution in [-0.4, -0.2) is 75.4 Å². The second-order valence-electron chi connectivity index (χ2n) is 8.70. The van der Waals surface area contributed by atoms with Gasteiger partial charge in [0.05, 0.1) is 25.9 Å². The maximum atomic E-state index is 13.3. The average molecular weight is 442 g/mol. The van der Waals surface area contributed by atoms with E-state index in [1.807, 2.05) is 50.2 Å². The first-order valence-corrected chi connectivity index (χ1v) is 10.9. The fraction of sp³-hybridized carbons (Fsp3) is 0.478. The molecule has 2 aromatic rings. The summed E-state index contributed by atoms with van der Waals surface area (Å²) in [6.45, 7) is 5.03. The molecule has 2 N–H and O–H groups in total. The van der Waals surface area contributed by atoms with Crippen molar-refractivity contribution in [1.29, 1.82) is 0 Å². The van der Waals surface area contributed by atoms with Crippen LogP contribution in [0.2, 0.25) is 0 Å². The summed E-state index contributed by atoms with van der Waals surface area (Å²) in [7, 11) is 1.78. The van der Waals surface area contributed by atoms with Crippen LogP contribution in [0.5, 0.6) is 0 Å². The van der Waals surface area contributed by atoms with E-state index < -0.39 is 18.6 Å². The third-order valence-electron chi connectivity index (χ3n) is 6.06. The minimum atomic E-state index is -1.03. The summed E-state index contributed by atoms with van der Waals surface area (Å²) >= 11 is 0. The second-order valence-corrected chi connectivity index (χ2v) is 8.70. The molecule has 2 aliphatic heterocycles. The van der Waals surface area contributed by atoms with Crippen LogP contribution in [-0.2, 0) is 22.7 Å². The van der Waals surface area contributed by atoms with Gasteiger partial charge in [-0.2, -0.15) is 5.01 Å². The summed E-state index contributed by atoms with van der Waals surface area (Å²) < 4.78 is 5.46. The van der Waals surface area contributed by atoms with Crippen LogP contribution in [0.3, 0.4) is 0 Å². The molecular weight excluding hydrogens is 410 g/mol. The molecule has 172 valence electrons. The van der Waals surface area contributed by atoms with Gasteiger partial charge in [-0.15, -0.1) is 0 Å². The zero-order valence-corrected chi connectivity index (χ0v) is 18.7. The van der Waals surface area contributed by atoms with E-state index in [1.54, 1.807) is 39.2 Å². The van der Waals surface area contributed by atoms with Crippen LogP contribution in [0, 0.1) is 5.92 Å². The summed E-state index contributed by atoms with van der Waals surface area (Å²) in [6, 6.07) is 12.8. The molecule has 3 atom stereocenters. The van der Waals surface area contributed by atoms with E-state index in [2.05, 4.69) is 5.32 Å².